The number of nitrogens with one attached hydrogen (secondary N) is 1. The standard InChI is InChI=1S/C13H17NO2S/c1-17-12-8-6-10(7-9-12)13(15)14-16-11-4-2-3-5-11/h6-9,11H,2-5H2,1H3,(H,14,15). The Labute approximate surface area is 106 Å². The van der Waals surface area contributed by atoms with Crippen molar-refractivity contribution in [1.29, 1.82) is 0 Å². The number of hydrogen-bond donors (Lipinski definition) is 1. The average Bonchev–Trinajstić information content (AvgIpc) is 2.89. The molecular weight excluding hydrogens is 234 g/mol. The molecule has 2 rings (SSSR count). The van der Waals surface area contributed by atoms with Crippen LogP contribution in [0.25, 0.3) is 0 Å². The van der Waals surface area contributed by atoms with E-state index in [2.05, 4.69) is 5.48 Å². The van der Waals surface area contributed by atoms with Gasteiger partial charge in [-0.1, -0.05) is 12.8 Å². The van der Waals surface area contributed by atoms with E-state index in [-0.39, 0.29) is 12.0 Å². The molecule has 0 heterocycles. The molecule has 17 heavy (non-hydrogen) atoms. The van der Waals surface area contributed by atoms with Crippen LogP contribution in [-0.2, 0) is 4.84 Å². The van der Waals surface area contributed by atoms with E-state index in [1.165, 1.54) is 12.8 Å². The summed E-state index contributed by atoms with van der Waals surface area (Å²) in [6.07, 6.45) is 6.70. The number of hydrogen-bond acceptors (Lipinski definition) is 3. The first-order valence-corrected chi connectivity index (χ1v) is 7.12. The lowest BCUT2D eigenvalue weighted by molar-refractivity contribution is -0.0124. The monoisotopic (exact) mass is 251 g/mol. The highest BCUT2D eigenvalue weighted by Crippen LogP contribution is 2.20. The zero-order valence-corrected chi connectivity index (χ0v) is 10.8. The molecule has 0 unspecified atom stereocenters. The van der Waals surface area contributed by atoms with Gasteiger partial charge >= 0.3 is 0 Å². The maximum absolute atomic E-state index is 11.8. The summed E-state index contributed by atoms with van der Waals surface area (Å²) in [4.78, 5) is 18.3. The van der Waals surface area contributed by atoms with E-state index in [0.29, 0.717) is 5.56 Å². The molecule has 4 heteroatoms. The van der Waals surface area contributed by atoms with Crippen molar-refractivity contribution >= 4 is 17.7 Å². The molecule has 0 saturated heterocycles. The van der Waals surface area contributed by atoms with E-state index >= 15 is 0 Å². The molecule has 1 aliphatic rings. The molecular formula is C13H17NO2S. The minimum Gasteiger partial charge on any atom is -0.270 e. The Hall–Kier alpha value is -1.00. The third-order valence-corrected chi connectivity index (χ3v) is 3.72. The first-order valence-electron chi connectivity index (χ1n) is 5.89. The molecule has 1 amide bonds. The highest BCUT2D eigenvalue weighted by molar-refractivity contribution is 7.98. The summed E-state index contributed by atoms with van der Waals surface area (Å²) in [5.74, 6) is -0.162. The summed E-state index contributed by atoms with van der Waals surface area (Å²) in [6, 6.07) is 7.52. The largest absolute Gasteiger partial charge is 0.274 e. The van der Waals surface area contributed by atoms with Crippen LogP contribution in [0.2, 0.25) is 0 Å². The fourth-order valence-corrected chi connectivity index (χ4v) is 2.35. The zero-order chi connectivity index (χ0) is 12.1. The molecule has 0 aromatic heterocycles. The lowest BCUT2D eigenvalue weighted by Gasteiger charge is -2.11. The average molecular weight is 251 g/mol. The van der Waals surface area contributed by atoms with Gasteiger partial charge in [-0.15, -0.1) is 11.8 Å². The Bertz CT molecular complexity index is 372. The quantitative estimate of drug-likeness (QED) is 0.660. The van der Waals surface area contributed by atoms with Gasteiger partial charge in [-0.3, -0.25) is 9.63 Å². The van der Waals surface area contributed by atoms with Gasteiger partial charge in [0.05, 0.1) is 6.10 Å². The Balaban J connectivity index is 1.85. The Morgan fingerprint density at radius 3 is 2.53 bits per heavy atom. The first kappa shape index (κ1) is 12.5. The van der Waals surface area contributed by atoms with Gasteiger partial charge in [0, 0.05) is 10.5 Å². The Morgan fingerprint density at radius 1 is 1.29 bits per heavy atom. The third-order valence-electron chi connectivity index (χ3n) is 2.97. The molecule has 1 N–H and O–H groups in total. The summed E-state index contributed by atoms with van der Waals surface area (Å²) < 4.78 is 0. The number of carbonyl (C=O) groups is 1. The van der Waals surface area contributed by atoms with E-state index in [1.54, 1.807) is 11.8 Å². The van der Waals surface area contributed by atoms with E-state index in [4.69, 9.17) is 4.84 Å². The lowest BCUT2D eigenvalue weighted by atomic mass is 10.2. The van der Waals surface area contributed by atoms with Crippen molar-refractivity contribution in [3.8, 4) is 0 Å². The number of carbonyl (C=O) groups excluding carboxylic acids is 1. The van der Waals surface area contributed by atoms with Gasteiger partial charge in [0.2, 0.25) is 0 Å². The van der Waals surface area contributed by atoms with Crippen molar-refractivity contribution in [2.45, 2.75) is 36.7 Å². The van der Waals surface area contributed by atoms with Crippen molar-refractivity contribution < 1.29 is 9.63 Å². The summed E-state index contributed by atoms with van der Waals surface area (Å²) in [7, 11) is 0. The summed E-state index contributed by atoms with van der Waals surface area (Å²) in [5, 5.41) is 0. The van der Waals surface area contributed by atoms with E-state index in [9.17, 15) is 4.79 Å². The number of hydroxylamine groups is 1. The summed E-state index contributed by atoms with van der Waals surface area (Å²) in [5.41, 5.74) is 3.17. The van der Waals surface area contributed by atoms with Crippen LogP contribution in [0.4, 0.5) is 0 Å². The van der Waals surface area contributed by atoms with Crippen LogP contribution in [0.15, 0.2) is 29.2 Å². The van der Waals surface area contributed by atoms with Crippen LogP contribution < -0.4 is 5.48 Å². The predicted molar refractivity (Wildman–Crippen MR) is 69.0 cm³/mol. The molecule has 0 aliphatic heterocycles. The smallest absolute Gasteiger partial charge is 0.270 e. The Kier molecular flexibility index (Phi) is 4.45. The maximum atomic E-state index is 11.8. The second-order valence-electron chi connectivity index (χ2n) is 4.18. The van der Waals surface area contributed by atoms with Gasteiger partial charge in [-0.05, 0) is 43.4 Å². The number of amides is 1. The molecule has 1 aromatic carbocycles. The normalized spacial score (nSPS) is 16.1. The Morgan fingerprint density at radius 2 is 1.94 bits per heavy atom. The molecule has 1 aromatic rings. The highest BCUT2D eigenvalue weighted by Gasteiger charge is 2.17. The molecule has 1 saturated carbocycles. The van der Waals surface area contributed by atoms with Crippen molar-refractivity contribution in [3.05, 3.63) is 29.8 Å². The second-order valence-corrected chi connectivity index (χ2v) is 5.06. The van der Waals surface area contributed by atoms with Gasteiger partial charge in [0.25, 0.3) is 5.91 Å². The van der Waals surface area contributed by atoms with Gasteiger partial charge in [-0.25, -0.2) is 5.48 Å². The van der Waals surface area contributed by atoms with Gasteiger partial charge in [0.1, 0.15) is 0 Å². The highest BCUT2D eigenvalue weighted by atomic mass is 32.2. The minimum absolute atomic E-state index is 0.162. The van der Waals surface area contributed by atoms with Crippen LogP contribution in [0, 0.1) is 0 Å². The van der Waals surface area contributed by atoms with Crippen LogP contribution in [-0.4, -0.2) is 18.3 Å². The van der Waals surface area contributed by atoms with Crippen LogP contribution in [0.5, 0.6) is 0 Å². The van der Waals surface area contributed by atoms with Crippen molar-refractivity contribution in [2.75, 3.05) is 6.26 Å². The summed E-state index contributed by atoms with van der Waals surface area (Å²) in [6.45, 7) is 0. The fourth-order valence-electron chi connectivity index (χ4n) is 1.94. The number of thioether (sulfide) groups is 1. The maximum Gasteiger partial charge on any atom is 0.274 e. The molecule has 0 radical (unpaired) electrons. The van der Waals surface area contributed by atoms with Crippen molar-refractivity contribution in [1.82, 2.24) is 5.48 Å². The molecule has 1 aliphatic carbocycles. The summed E-state index contributed by atoms with van der Waals surface area (Å²) >= 11 is 1.66. The molecule has 0 spiro atoms. The first-order chi connectivity index (χ1) is 8.29. The molecule has 0 atom stereocenters. The lowest BCUT2D eigenvalue weighted by Crippen LogP contribution is -2.28. The van der Waals surface area contributed by atoms with E-state index in [0.717, 1.165) is 17.7 Å². The third kappa shape index (κ3) is 3.48. The van der Waals surface area contributed by atoms with Gasteiger partial charge in [-0.2, -0.15) is 0 Å². The van der Waals surface area contributed by atoms with Crippen LogP contribution in [0.1, 0.15) is 36.0 Å². The topological polar surface area (TPSA) is 38.3 Å². The van der Waals surface area contributed by atoms with E-state index < -0.39 is 0 Å². The molecule has 1 fully saturated rings. The van der Waals surface area contributed by atoms with Crippen molar-refractivity contribution in [2.24, 2.45) is 0 Å². The minimum atomic E-state index is -0.162. The zero-order valence-electron chi connectivity index (χ0n) is 9.94. The SMILES string of the molecule is CSc1ccc(C(=O)NOC2CCCC2)cc1. The predicted octanol–water partition coefficient (Wildman–Crippen LogP) is 3.01. The van der Waals surface area contributed by atoms with Crippen LogP contribution in [0.3, 0.4) is 0 Å². The van der Waals surface area contributed by atoms with Gasteiger partial charge in [0.15, 0.2) is 0 Å². The molecule has 92 valence electrons. The molecule has 3 nitrogen and oxygen atoms in total. The molecule has 0 bridgehead atoms. The van der Waals surface area contributed by atoms with Gasteiger partial charge < -0.3 is 0 Å². The van der Waals surface area contributed by atoms with E-state index in [1.807, 2.05) is 30.5 Å². The fraction of sp³-hybridized carbons (Fsp3) is 0.462. The van der Waals surface area contributed by atoms with Crippen LogP contribution >= 0.6 is 11.8 Å². The second kappa shape index (κ2) is 6.07. The van der Waals surface area contributed by atoms with Crippen molar-refractivity contribution in [3.63, 3.8) is 0 Å². The number of benzene rings is 1. The number of rotatable bonds is 4.